The lowest BCUT2D eigenvalue weighted by atomic mass is 10.2. The monoisotopic (exact) mass is 127 g/mol. The van der Waals surface area contributed by atoms with E-state index < -0.39 is 0 Å². The molecule has 0 aromatic rings. The van der Waals surface area contributed by atoms with Crippen LogP contribution in [0, 0.1) is 0 Å². The van der Waals surface area contributed by atoms with Crippen molar-refractivity contribution in [2.24, 2.45) is 0 Å². The molecular formula is C7H13NO. The van der Waals surface area contributed by atoms with Crippen molar-refractivity contribution in [3.8, 4) is 0 Å². The van der Waals surface area contributed by atoms with E-state index in [-0.39, 0.29) is 0 Å². The van der Waals surface area contributed by atoms with Crippen LogP contribution in [0.4, 0.5) is 0 Å². The van der Waals surface area contributed by atoms with Gasteiger partial charge in [0.15, 0.2) is 0 Å². The summed E-state index contributed by atoms with van der Waals surface area (Å²) in [5.74, 6) is 0. The van der Waals surface area contributed by atoms with Crippen LogP contribution in [-0.4, -0.2) is 36.7 Å². The average molecular weight is 127 g/mol. The van der Waals surface area contributed by atoms with E-state index >= 15 is 0 Å². The highest BCUT2D eigenvalue weighted by Gasteiger charge is 2.37. The lowest BCUT2D eigenvalue weighted by Gasteiger charge is -2.24. The second-order valence-electron chi connectivity index (χ2n) is 2.93. The van der Waals surface area contributed by atoms with E-state index in [2.05, 4.69) is 11.8 Å². The zero-order valence-corrected chi connectivity index (χ0v) is 5.84. The molecule has 0 spiro atoms. The molecule has 9 heavy (non-hydrogen) atoms. The van der Waals surface area contributed by atoms with Crippen LogP contribution >= 0.6 is 0 Å². The number of fused-ring (bicyclic) bond motifs is 2. The Morgan fingerprint density at radius 1 is 1.67 bits per heavy atom. The first-order valence-electron chi connectivity index (χ1n) is 3.76. The minimum Gasteiger partial charge on any atom is -0.375 e. The number of hydrogen-bond acceptors (Lipinski definition) is 2. The topological polar surface area (TPSA) is 12.5 Å². The van der Waals surface area contributed by atoms with Crippen molar-refractivity contribution >= 4 is 0 Å². The maximum atomic E-state index is 5.44. The van der Waals surface area contributed by atoms with Gasteiger partial charge in [0.1, 0.15) is 0 Å². The van der Waals surface area contributed by atoms with Crippen LogP contribution in [-0.2, 0) is 4.74 Å². The van der Waals surface area contributed by atoms with E-state index in [1.54, 1.807) is 0 Å². The highest BCUT2D eigenvalue weighted by atomic mass is 16.5. The zero-order chi connectivity index (χ0) is 6.27. The quantitative estimate of drug-likeness (QED) is 0.508. The van der Waals surface area contributed by atoms with Crippen molar-refractivity contribution in [2.75, 3.05) is 19.7 Å². The Morgan fingerprint density at radius 3 is 2.89 bits per heavy atom. The molecule has 0 amide bonds. The minimum atomic E-state index is 0.579. The van der Waals surface area contributed by atoms with E-state index in [0.717, 1.165) is 12.6 Å². The number of rotatable bonds is 1. The van der Waals surface area contributed by atoms with Gasteiger partial charge in [-0.25, -0.2) is 0 Å². The molecule has 2 nitrogen and oxygen atoms in total. The highest BCUT2D eigenvalue weighted by molar-refractivity contribution is 4.90. The molecule has 2 bridgehead atoms. The summed E-state index contributed by atoms with van der Waals surface area (Å²) in [5.41, 5.74) is 0. The lowest BCUT2D eigenvalue weighted by molar-refractivity contribution is 0.0329. The first kappa shape index (κ1) is 5.69. The Labute approximate surface area is 55.8 Å². The van der Waals surface area contributed by atoms with Crippen LogP contribution in [0.3, 0.4) is 0 Å². The first-order valence-corrected chi connectivity index (χ1v) is 3.76. The molecule has 2 aliphatic heterocycles. The van der Waals surface area contributed by atoms with Gasteiger partial charge in [0, 0.05) is 12.6 Å². The van der Waals surface area contributed by atoms with Gasteiger partial charge < -0.3 is 4.74 Å². The minimum absolute atomic E-state index is 0.579. The van der Waals surface area contributed by atoms with E-state index in [0.29, 0.717) is 6.10 Å². The Kier molecular flexibility index (Phi) is 1.24. The molecule has 2 atom stereocenters. The summed E-state index contributed by atoms with van der Waals surface area (Å²) >= 11 is 0. The molecule has 52 valence electrons. The molecule has 2 heterocycles. The molecule has 2 heteroatoms. The molecule has 0 aromatic carbocycles. The van der Waals surface area contributed by atoms with Gasteiger partial charge >= 0.3 is 0 Å². The SMILES string of the molecule is CCN1C[C@@H]2C[C@H]1CO2. The molecular weight excluding hydrogens is 114 g/mol. The van der Waals surface area contributed by atoms with Gasteiger partial charge in [-0.2, -0.15) is 0 Å². The van der Waals surface area contributed by atoms with Crippen LogP contribution < -0.4 is 0 Å². The summed E-state index contributed by atoms with van der Waals surface area (Å²) in [6.45, 7) is 5.59. The maximum absolute atomic E-state index is 5.44. The van der Waals surface area contributed by atoms with Gasteiger partial charge in [0.25, 0.3) is 0 Å². The molecule has 0 aromatic heterocycles. The first-order chi connectivity index (χ1) is 4.40. The lowest BCUT2D eigenvalue weighted by Crippen LogP contribution is -2.36. The van der Waals surface area contributed by atoms with Crippen molar-refractivity contribution in [3.05, 3.63) is 0 Å². The Hall–Kier alpha value is -0.0800. The molecule has 0 N–H and O–H groups in total. The average Bonchev–Trinajstić information content (AvgIpc) is 2.45. The molecule has 2 rings (SSSR count). The van der Waals surface area contributed by atoms with Gasteiger partial charge in [-0.1, -0.05) is 6.92 Å². The predicted octanol–water partition coefficient (Wildman–Crippen LogP) is 0.479. The predicted molar refractivity (Wildman–Crippen MR) is 35.4 cm³/mol. The normalized spacial score (nSPS) is 42.3. The highest BCUT2D eigenvalue weighted by Crippen LogP contribution is 2.26. The van der Waals surface area contributed by atoms with Gasteiger partial charge in [-0.15, -0.1) is 0 Å². The number of hydrogen-bond donors (Lipinski definition) is 0. The Morgan fingerprint density at radius 2 is 2.56 bits per heavy atom. The third kappa shape index (κ3) is 0.775. The molecule has 2 saturated heterocycles. The van der Waals surface area contributed by atoms with Crippen LogP contribution in [0.15, 0.2) is 0 Å². The van der Waals surface area contributed by atoms with Gasteiger partial charge in [-0.05, 0) is 13.0 Å². The molecule has 2 aliphatic rings. The Bertz CT molecular complexity index is 115. The molecule has 0 aliphatic carbocycles. The number of morpholine rings is 1. The number of likely N-dealkylation sites (N-methyl/N-ethyl adjacent to an activating group) is 1. The van der Waals surface area contributed by atoms with E-state index in [9.17, 15) is 0 Å². The summed E-state index contributed by atoms with van der Waals surface area (Å²) in [4.78, 5) is 2.51. The second kappa shape index (κ2) is 1.96. The molecule has 0 radical (unpaired) electrons. The molecule has 0 saturated carbocycles. The fraction of sp³-hybridized carbons (Fsp3) is 1.00. The summed E-state index contributed by atoms with van der Waals surface area (Å²) in [5, 5.41) is 0. The standard InChI is InChI=1S/C7H13NO/c1-2-8-4-7-3-6(8)5-9-7/h6-7H,2-5H2,1H3/t6-,7-/m0/s1. The largest absolute Gasteiger partial charge is 0.375 e. The van der Waals surface area contributed by atoms with Crippen LogP contribution in [0.25, 0.3) is 0 Å². The number of likely N-dealkylation sites (tertiary alicyclic amines) is 1. The van der Waals surface area contributed by atoms with E-state index in [1.165, 1.54) is 19.5 Å². The van der Waals surface area contributed by atoms with E-state index in [1.807, 2.05) is 0 Å². The van der Waals surface area contributed by atoms with Crippen molar-refractivity contribution in [1.29, 1.82) is 0 Å². The number of nitrogens with zero attached hydrogens (tertiary/aromatic N) is 1. The third-order valence-corrected chi connectivity index (χ3v) is 2.42. The van der Waals surface area contributed by atoms with Gasteiger partial charge in [-0.3, -0.25) is 4.90 Å². The second-order valence-corrected chi connectivity index (χ2v) is 2.93. The smallest absolute Gasteiger partial charge is 0.0718 e. The Balaban J connectivity index is 2.01. The van der Waals surface area contributed by atoms with Gasteiger partial charge in [0.2, 0.25) is 0 Å². The summed E-state index contributed by atoms with van der Waals surface area (Å²) in [6, 6.07) is 0.764. The molecule has 2 fully saturated rings. The number of ether oxygens (including phenoxy) is 1. The summed E-state index contributed by atoms with van der Waals surface area (Å²) in [6.07, 6.45) is 1.86. The summed E-state index contributed by atoms with van der Waals surface area (Å²) < 4.78 is 5.44. The maximum Gasteiger partial charge on any atom is 0.0718 e. The van der Waals surface area contributed by atoms with Crippen molar-refractivity contribution in [3.63, 3.8) is 0 Å². The zero-order valence-electron chi connectivity index (χ0n) is 5.84. The van der Waals surface area contributed by atoms with Crippen molar-refractivity contribution in [1.82, 2.24) is 4.90 Å². The van der Waals surface area contributed by atoms with Crippen LogP contribution in [0.5, 0.6) is 0 Å². The van der Waals surface area contributed by atoms with E-state index in [4.69, 9.17) is 4.74 Å². The van der Waals surface area contributed by atoms with Crippen LogP contribution in [0.1, 0.15) is 13.3 Å². The van der Waals surface area contributed by atoms with Gasteiger partial charge in [0.05, 0.1) is 12.7 Å². The third-order valence-electron chi connectivity index (χ3n) is 2.42. The molecule has 0 unspecified atom stereocenters. The fourth-order valence-electron chi connectivity index (χ4n) is 1.87. The fourth-order valence-corrected chi connectivity index (χ4v) is 1.87. The van der Waals surface area contributed by atoms with Crippen LogP contribution in [0.2, 0.25) is 0 Å². The van der Waals surface area contributed by atoms with Crippen molar-refractivity contribution in [2.45, 2.75) is 25.5 Å². The summed E-state index contributed by atoms with van der Waals surface area (Å²) in [7, 11) is 0. The van der Waals surface area contributed by atoms with Crippen molar-refractivity contribution < 1.29 is 4.74 Å².